The molecule has 0 heterocycles. The molecule has 0 aliphatic heterocycles. The fourth-order valence-corrected chi connectivity index (χ4v) is 7.57. The topological polar surface area (TPSA) is 126 Å². The smallest absolute Gasteiger partial charge is 0.308 e. The largest absolute Gasteiger partial charge is 0.460 e. The summed E-state index contributed by atoms with van der Waals surface area (Å²) in [5.41, 5.74) is 7.69. The van der Waals surface area contributed by atoms with Crippen molar-refractivity contribution in [2.45, 2.75) is 83.8 Å². The highest BCUT2D eigenvalue weighted by Crippen LogP contribution is 2.37. The molecule has 6 aromatic rings. The van der Waals surface area contributed by atoms with Crippen molar-refractivity contribution in [3.05, 3.63) is 203 Å². The normalized spacial score (nSPS) is 12.4. The standard InChI is InChI=1S/C53H56N4O5/c1-37-24-30-46(31-25-37)53(44-20-11-7-12-21-44,45-22-13-8-14-23-45)55-36-41-17-15-16-40(32-41)35-54-50(60)48(34-49(59)62-52(3,4)5)57-51(61)47(56-38(2)58)33-39-26-28-43(29-27-39)42-18-9-6-10-19-42/h6-32,47-48,55H,33-36H2,1-5H3,(H,54,60)(H,56,58)(H,57,61)/t47-,48-/m0/s1. The summed E-state index contributed by atoms with van der Waals surface area (Å²) in [6, 6.07) is 52.7. The Kier molecular flexibility index (Phi) is 14.9. The molecule has 0 radical (unpaired) electrons. The number of rotatable bonds is 17. The third-order valence-electron chi connectivity index (χ3n) is 10.5. The first-order chi connectivity index (χ1) is 29.8. The fourth-order valence-electron chi connectivity index (χ4n) is 7.57. The first kappa shape index (κ1) is 44.7. The zero-order valence-electron chi connectivity index (χ0n) is 36.1. The van der Waals surface area contributed by atoms with Gasteiger partial charge in [-0.25, -0.2) is 0 Å². The quantitative estimate of drug-likeness (QED) is 0.0542. The van der Waals surface area contributed by atoms with E-state index in [4.69, 9.17) is 4.74 Å². The van der Waals surface area contributed by atoms with Crippen molar-refractivity contribution in [2.75, 3.05) is 0 Å². The summed E-state index contributed by atoms with van der Waals surface area (Å²) in [5, 5.41) is 12.3. The van der Waals surface area contributed by atoms with Gasteiger partial charge in [0.25, 0.3) is 0 Å². The SMILES string of the molecule is CC(=O)N[C@@H](Cc1ccc(-c2ccccc2)cc1)C(=O)N[C@@H](CC(=O)OC(C)(C)C)C(=O)NCc1cccc(CNC(c2ccccc2)(c2ccccc2)c2ccc(C)cc2)c1. The van der Waals surface area contributed by atoms with E-state index >= 15 is 0 Å². The number of nitrogens with one attached hydrogen (secondary N) is 4. The average Bonchev–Trinajstić information content (AvgIpc) is 3.26. The highest BCUT2D eigenvalue weighted by Gasteiger charge is 2.36. The van der Waals surface area contributed by atoms with Gasteiger partial charge in [-0.1, -0.05) is 169 Å². The predicted molar refractivity (Wildman–Crippen MR) is 245 cm³/mol. The van der Waals surface area contributed by atoms with Crippen LogP contribution in [0.15, 0.2) is 164 Å². The number of benzene rings is 6. The summed E-state index contributed by atoms with van der Waals surface area (Å²) in [4.78, 5) is 53.2. The molecular formula is C53H56N4O5. The molecule has 2 atom stereocenters. The van der Waals surface area contributed by atoms with E-state index in [1.165, 1.54) is 12.5 Å². The molecule has 0 bridgehead atoms. The van der Waals surface area contributed by atoms with Gasteiger partial charge in [0.15, 0.2) is 0 Å². The Balaban J connectivity index is 1.19. The van der Waals surface area contributed by atoms with Gasteiger partial charge in [0, 0.05) is 26.4 Å². The highest BCUT2D eigenvalue weighted by molar-refractivity contribution is 5.94. The Hall–Kier alpha value is -6.84. The molecule has 6 rings (SSSR count). The van der Waals surface area contributed by atoms with Crippen LogP contribution in [-0.4, -0.2) is 41.4 Å². The third-order valence-corrected chi connectivity index (χ3v) is 10.5. The minimum absolute atomic E-state index is 0.136. The summed E-state index contributed by atoms with van der Waals surface area (Å²) in [6.45, 7) is 9.26. The van der Waals surface area contributed by atoms with E-state index in [1.54, 1.807) is 20.8 Å². The van der Waals surface area contributed by atoms with Crippen LogP contribution < -0.4 is 21.3 Å². The molecule has 0 saturated carbocycles. The number of hydrogen-bond acceptors (Lipinski definition) is 6. The summed E-state index contributed by atoms with van der Waals surface area (Å²) < 4.78 is 5.56. The van der Waals surface area contributed by atoms with E-state index in [0.717, 1.165) is 44.5 Å². The maximum absolute atomic E-state index is 13.9. The summed E-state index contributed by atoms with van der Waals surface area (Å²) in [7, 11) is 0. The molecule has 0 fully saturated rings. The molecule has 0 aliphatic rings. The Morgan fingerprint density at radius 2 is 1.08 bits per heavy atom. The Morgan fingerprint density at radius 1 is 0.548 bits per heavy atom. The van der Waals surface area contributed by atoms with Crippen LogP contribution in [0.1, 0.15) is 73.1 Å². The lowest BCUT2D eigenvalue weighted by molar-refractivity contribution is -0.156. The van der Waals surface area contributed by atoms with Gasteiger partial charge in [-0.2, -0.15) is 0 Å². The number of ether oxygens (including phenoxy) is 1. The number of aryl methyl sites for hydroxylation is 1. The van der Waals surface area contributed by atoms with Crippen LogP contribution in [0.2, 0.25) is 0 Å². The number of amides is 3. The first-order valence-electron chi connectivity index (χ1n) is 21.0. The number of carbonyl (C=O) groups excluding carboxylic acids is 4. The van der Waals surface area contributed by atoms with Gasteiger partial charge in [0.1, 0.15) is 17.7 Å². The van der Waals surface area contributed by atoms with E-state index in [2.05, 4.69) is 101 Å². The second kappa shape index (κ2) is 20.6. The van der Waals surface area contributed by atoms with Crippen molar-refractivity contribution in [3.8, 4) is 11.1 Å². The van der Waals surface area contributed by atoms with Crippen molar-refractivity contribution in [1.29, 1.82) is 0 Å². The molecule has 9 nitrogen and oxygen atoms in total. The maximum atomic E-state index is 13.9. The Morgan fingerprint density at radius 3 is 1.65 bits per heavy atom. The summed E-state index contributed by atoms with van der Waals surface area (Å²) in [6.07, 6.45) is -0.237. The maximum Gasteiger partial charge on any atom is 0.308 e. The van der Waals surface area contributed by atoms with Gasteiger partial charge >= 0.3 is 5.97 Å². The molecule has 0 aromatic heterocycles. The lowest BCUT2D eigenvalue weighted by atomic mass is 9.76. The highest BCUT2D eigenvalue weighted by atomic mass is 16.6. The van der Waals surface area contributed by atoms with Crippen molar-refractivity contribution < 1.29 is 23.9 Å². The van der Waals surface area contributed by atoms with Crippen molar-refractivity contribution in [3.63, 3.8) is 0 Å². The van der Waals surface area contributed by atoms with Crippen LogP contribution in [0.4, 0.5) is 0 Å². The number of carbonyl (C=O) groups is 4. The molecular weight excluding hydrogens is 773 g/mol. The number of hydrogen-bond donors (Lipinski definition) is 4. The van der Waals surface area contributed by atoms with Gasteiger partial charge in [-0.05, 0) is 72.2 Å². The van der Waals surface area contributed by atoms with Crippen molar-refractivity contribution in [1.82, 2.24) is 21.3 Å². The molecule has 0 saturated heterocycles. The van der Waals surface area contributed by atoms with Crippen LogP contribution in [0, 0.1) is 6.92 Å². The third kappa shape index (κ3) is 12.1. The van der Waals surface area contributed by atoms with Gasteiger partial charge in [-0.15, -0.1) is 0 Å². The lowest BCUT2D eigenvalue weighted by Gasteiger charge is -2.37. The minimum atomic E-state index is -1.27. The minimum Gasteiger partial charge on any atom is -0.460 e. The molecule has 0 unspecified atom stereocenters. The van der Waals surface area contributed by atoms with Crippen molar-refractivity contribution in [2.24, 2.45) is 0 Å². The Bertz CT molecular complexity index is 2370. The molecule has 0 aliphatic carbocycles. The summed E-state index contributed by atoms with van der Waals surface area (Å²) >= 11 is 0. The van der Waals surface area contributed by atoms with Crippen LogP contribution in [-0.2, 0) is 49.0 Å². The molecule has 9 heteroatoms. The molecule has 4 N–H and O–H groups in total. The van der Waals surface area contributed by atoms with Crippen LogP contribution in [0.5, 0.6) is 0 Å². The Labute approximate surface area is 365 Å². The van der Waals surface area contributed by atoms with Gasteiger partial charge in [-0.3, -0.25) is 24.5 Å². The van der Waals surface area contributed by atoms with Crippen LogP contribution >= 0.6 is 0 Å². The fraction of sp³-hybridized carbons (Fsp3) is 0.245. The van der Waals surface area contributed by atoms with E-state index in [9.17, 15) is 19.2 Å². The number of esters is 1. The molecule has 62 heavy (non-hydrogen) atoms. The average molecular weight is 829 g/mol. The zero-order chi connectivity index (χ0) is 44.1. The zero-order valence-corrected chi connectivity index (χ0v) is 36.1. The van der Waals surface area contributed by atoms with E-state index < -0.39 is 53.3 Å². The second-order valence-corrected chi connectivity index (χ2v) is 16.6. The predicted octanol–water partition coefficient (Wildman–Crippen LogP) is 8.32. The monoisotopic (exact) mass is 828 g/mol. The second-order valence-electron chi connectivity index (χ2n) is 16.6. The summed E-state index contributed by atoms with van der Waals surface area (Å²) in [5.74, 6) is -2.21. The van der Waals surface area contributed by atoms with Gasteiger partial charge in [0.05, 0.1) is 12.0 Å². The molecule has 318 valence electrons. The molecule has 3 amide bonds. The lowest BCUT2D eigenvalue weighted by Crippen LogP contribution is -2.54. The van der Waals surface area contributed by atoms with E-state index in [1.807, 2.05) is 91.0 Å². The van der Waals surface area contributed by atoms with Crippen molar-refractivity contribution >= 4 is 23.7 Å². The van der Waals surface area contributed by atoms with Crippen LogP contribution in [0.25, 0.3) is 11.1 Å². The van der Waals surface area contributed by atoms with Gasteiger partial charge in [0.2, 0.25) is 17.7 Å². The first-order valence-corrected chi connectivity index (χ1v) is 21.0. The van der Waals surface area contributed by atoms with Gasteiger partial charge < -0.3 is 20.7 Å². The van der Waals surface area contributed by atoms with E-state index in [-0.39, 0.29) is 13.0 Å². The van der Waals surface area contributed by atoms with Crippen LogP contribution in [0.3, 0.4) is 0 Å². The van der Waals surface area contributed by atoms with E-state index in [0.29, 0.717) is 6.54 Å². The molecule has 6 aromatic carbocycles. The molecule has 0 spiro atoms.